The Morgan fingerprint density at radius 2 is 1.62 bits per heavy atom. The van der Waals surface area contributed by atoms with E-state index in [1.54, 1.807) is 11.8 Å². The van der Waals surface area contributed by atoms with Crippen molar-refractivity contribution in [2.75, 3.05) is 5.32 Å². The molecule has 1 amide bonds. The van der Waals surface area contributed by atoms with Gasteiger partial charge in [0.25, 0.3) is 5.91 Å². The van der Waals surface area contributed by atoms with Crippen LogP contribution < -0.4 is 10.6 Å². The lowest BCUT2D eigenvalue weighted by Gasteiger charge is -2.19. The van der Waals surface area contributed by atoms with Gasteiger partial charge in [0.15, 0.2) is 0 Å². The second kappa shape index (κ2) is 9.94. The summed E-state index contributed by atoms with van der Waals surface area (Å²) in [5, 5.41) is 14.0. The number of allylic oxidation sites excluding steroid dienone is 1. The molecule has 4 rings (SSSR count). The molecule has 0 fully saturated rings. The number of benzene rings is 3. The predicted octanol–water partition coefficient (Wildman–Crippen LogP) is 5.74. The maximum Gasteiger partial charge on any atom is 0.261 e. The van der Waals surface area contributed by atoms with Gasteiger partial charge >= 0.3 is 0 Å². The second-order valence-electron chi connectivity index (χ2n) is 7.07. The third kappa shape index (κ3) is 5.04. The second-order valence-corrected chi connectivity index (χ2v) is 8.19. The molecule has 1 aliphatic rings. The molecule has 0 aromatic heterocycles. The van der Waals surface area contributed by atoms with Crippen LogP contribution in [0.5, 0.6) is 0 Å². The zero-order valence-electron chi connectivity index (χ0n) is 17.5. The van der Waals surface area contributed by atoms with Gasteiger partial charge in [-0.2, -0.15) is 0 Å². The van der Waals surface area contributed by atoms with Crippen molar-refractivity contribution in [3.8, 4) is 0 Å². The Morgan fingerprint density at radius 1 is 0.969 bits per heavy atom. The third-order valence-corrected chi connectivity index (χ3v) is 5.81. The summed E-state index contributed by atoms with van der Waals surface area (Å²) in [6, 6.07) is 27.4. The molecule has 0 saturated carbocycles. The van der Waals surface area contributed by atoms with E-state index in [0.29, 0.717) is 11.5 Å². The van der Waals surface area contributed by atoms with E-state index >= 15 is 0 Å². The van der Waals surface area contributed by atoms with Crippen molar-refractivity contribution < 1.29 is 4.79 Å². The van der Waals surface area contributed by atoms with E-state index in [1.807, 2.05) is 97.9 Å². The van der Waals surface area contributed by atoms with Gasteiger partial charge in [-0.3, -0.25) is 4.79 Å². The monoisotopic (exact) mass is 438 g/mol. The largest absolute Gasteiger partial charge is 0.339 e. The van der Waals surface area contributed by atoms with Crippen LogP contribution in [0.2, 0.25) is 0 Å². The van der Waals surface area contributed by atoms with E-state index in [0.717, 1.165) is 33.0 Å². The summed E-state index contributed by atoms with van der Waals surface area (Å²) in [6.07, 6.45) is 2.96. The summed E-state index contributed by atoms with van der Waals surface area (Å²) in [5.41, 5.74) is 3.41. The van der Waals surface area contributed by atoms with Gasteiger partial charge in [-0.1, -0.05) is 72.4 Å². The topological polar surface area (TPSA) is 77.3 Å². The zero-order chi connectivity index (χ0) is 22.3. The van der Waals surface area contributed by atoms with Crippen molar-refractivity contribution in [2.24, 2.45) is 4.99 Å². The number of aliphatic imine (C=N–C) groups is 1. The van der Waals surface area contributed by atoms with Gasteiger partial charge in [-0.05, 0) is 42.8 Å². The third-order valence-electron chi connectivity index (χ3n) is 4.73. The average Bonchev–Trinajstić information content (AvgIpc) is 2.82. The highest BCUT2D eigenvalue weighted by Crippen LogP contribution is 2.33. The van der Waals surface area contributed by atoms with Gasteiger partial charge in [0, 0.05) is 27.4 Å². The summed E-state index contributed by atoms with van der Waals surface area (Å²) >= 11 is 1.57. The molecule has 3 N–H and O–H groups in total. The lowest BCUT2D eigenvalue weighted by Crippen LogP contribution is -2.24. The molecule has 32 heavy (non-hydrogen) atoms. The van der Waals surface area contributed by atoms with Gasteiger partial charge in [-0.15, -0.1) is 0 Å². The minimum Gasteiger partial charge on any atom is -0.339 e. The van der Waals surface area contributed by atoms with Crippen molar-refractivity contribution >= 4 is 41.0 Å². The van der Waals surface area contributed by atoms with E-state index < -0.39 is 5.91 Å². The van der Waals surface area contributed by atoms with Gasteiger partial charge in [0.05, 0.1) is 11.3 Å². The van der Waals surface area contributed by atoms with Crippen LogP contribution in [0.25, 0.3) is 5.70 Å². The standard InChI is InChI=1S/C26H22N4OS/c1-18-16-23(19-10-4-2-5-11-19)29-25(28-18)21(17-27)26(31)30-22-14-8-9-15-24(22)32-20-12-6-3-7-13-20/h2-17,27,29H,1H3,(H,30,31)/b25-21+,27-17?. The predicted molar refractivity (Wildman–Crippen MR) is 132 cm³/mol. The molecular weight excluding hydrogens is 416 g/mol. The van der Waals surface area contributed by atoms with Crippen molar-refractivity contribution in [3.63, 3.8) is 0 Å². The SMILES string of the molecule is CC1=N/C(=C(/C=N)C(=O)Nc2ccccc2Sc2ccccc2)NC(c2ccccc2)=C1. The highest BCUT2D eigenvalue weighted by Gasteiger charge is 2.19. The zero-order valence-corrected chi connectivity index (χ0v) is 18.3. The lowest BCUT2D eigenvalue weighted by atomic mass is 10.1. The van der Waals surface area contributed by atoms with Crippen molar-refractivity contribution in [1.82, 2.24) is 5.32 Å². The Bertz CT molecular complexity index is 1230. The fraction of sp³-hybridized carbons (Fsp3) is 0.0385. The van der Waals surface area contributed by atoms with Crippen molar-refractivity contribution in [3.05, 3.63) is 108 Å². The summed E-state index contributed by atoms with van der Waals surface area (Å²) in [6.45, 7) is 1.87. The first-order valence-electron chi connectivity index (χ1n) is 10.1. The Morgan fingerprint density at radius 3 is 2.34 bits per heavy atom. The molecule has 0 unspecified atom stereocenters. The van der Waals surface area contributed by atoms with Gasteiger partial charge < -0.3 is 16.0 Å². The minimum atomic E-state index is -0.394. The van der Waals surface area contributed by atoms with Crippen LogP contribution in [-0.4, -0.2) is 17.8 Å². The highest BCUT2D eigenvalue weighted by atomic mass is 32.2. The van der Waals surface area contributed by atoms with E-state index in [9.17, 15) is 4.79 Å². The average molecular weight is 439 g/mol. The molecule has 1 aliphatic heterocycles. The molecule has 3 aromatic carbocycles. The number of para-hydroxylation sites is 1. The smallest absolute Gasteiger partial charge is 0.261 e. The van der Waals surface area contributed by atoms with Crippen LogP contribution in [0.1, 0.15) is 12.5 Å². The number of nitrogens with zero attached hydrogens (tertiary/aromatic N) is 1. The van der Waals surface area contributed by atoms with Gasteiger partial charge in [0.2, 0.25) is 0 Å². The molecule has 6 heteroatoms. The van der Waals surface area contributed by atoms with Gasteiger partial charge in [0.1, 0.15) is 5.82 Å². The molecule has 1 heterocycles. The number of rotatable bonds is 6. The van der Waals surface area contributed by atoms with Crippen LogP contribution >= 0.6 is 11.8 Å². The van der Waals surface area contributed by atoms with Gasteiger partial charge in [-0.25, -0.2) is 4.99 Å². The number of hydrogen-bond donors (Lipinski definition) is 3. The molecule has 3 aromatic rings. The highest BCUT2D eigenvalue weighted by molar-refractivity contribution is 7.99. The molecule has 0 radical (unpaired) electrons. The molecular formula is C26H22N4OS. The summed E-state index contributed by atoms with van der Waals surface area (Å²) in [7, 11) is 0. The Kier molecular flexibility index (Phi) is 6.63. The van der Waals surface area contributed by atoms with E-state index in [-0.39, 0.29) is 5.57 Å². The van der Waals surface area contributed by atoms with E-state index in [4.69, 9.17) is 5.41 Å². The number of carbonyl (C=O) groups is 1. The molecule has 5 nitrogen and oxygen atoms in total. The van der Waals surface area contributed by atoms with Crippen LogP contribution in [-0.2, 0) is 4.79 Å². The summed E-state index contributed by atoms with van der Waals surface area (Å²) < 4.78 is 0. The van der Waals surface area contributed by atoms with Crippen LogP contribution in [0.4, 0.5) is 5.69 Å². The molecule has 0 bridgehead atoms. The fourth-order valence-electron chi connectivity index (χ4n) is 3.22. The molecule has 0 aliphatic carbocycles. The van der Waals surface area contributed by atoms with Crippen LogP contribution in [0, 0.1) is 5.41 Å². The number of nitrogens with one attached hydrogen (secondary N) is 3. The molecule has 0 saturated heterocycles. The number of hydrogen-bond acceptors (Lipinski definition) is 5. The number of amides is 1. The van der Waals surface area contributed by atoms with E-state index in [1.165, 1.54) is 0 Å². The number of anilines is 1. The van der Waals surface area contributed by atoms with Crippen LogP contribution in [0.15, 0.2) is 117 Å². The Hall–Kier alpha value is -3.90. The van der Waals surface area contributed by atoms with Crippen molar-refractivity contribution in [1.29, 1.82) is 5.41 Å². The fourth-order valence-corrected chi connectivity index (χ4v) is 4.14. The van der Waals surface area contributed by atoms with Crippen LogP contribution in [0.3, 0.4) is 0 Å². The maximum absolute atomic E-state index is 13.1. The van der Waals surface area contributed by atoms with Crippen molar-refractivity contribution in [2.45, 2.75) is 16.7 Å². The molecule has 0 atom stereocenters. The first kappa shape index (κ1) is 21.3. The lowest BCUT2D eigenvalue weighted by molar-refractivity contribution is -0.112. The first-order chi connectivity index (χ1) is 15.6. The Balaban J connectivity index is 1.60. The molecule has 158 valence electrons. The number of carbonyl (C=O) groups excluding carboxylic acids is 1. The Labute approximate surface area is 191 Å². The maximum atomic E-state index is 13.1. The molecule has 0 spiro atoms. The first-order valence-corrected chi connectivity index (χ1v) is 10.9. The summed E-state index contributed by atoms with van der Waals surface area (Å²) in [4.78, 5) is 19.6. The van der Waals surface area contributed by atoms with E-state index in [2.05, 4.69) is 15.6 Å². The minimum absolute atomic E-state index is 0.158. The normalized spacial score (nSPS) is 14.5. The summed E-state index contributed by atoms with van der Waals surface area (Å²) in [5.74, 6) is -0.0426. The quantitative estimate of drug-likeness (QED) is 0.339.